The van der Waals surface area contributed by atoms with Gasteiger partial charge in [-0.3, -0.25) is 4.79 Å². The van der Waals surface area contributed by atoms with E-state index in [4.69, 9.17) is 0 Å². The van der Waals surface area contributed by atoms with Gasteiger partial charge in [0.25, 0.3) is 0 Å². The van der Waals surface area contributed by atoms with Crippen molar-refractivity contribution >= 4 is 11.9 Å². The van der Waals surface area contributed by atoms with Crippen LogP contribution in [0.3, 0.4) is 0 Å². The first-order valence-electron chi connectivity index (χ1n) is 7.33. The van der Waals surface area contributed by atoms with Crippen LogP contribution in [-0.4, -0.2) is 44.0 Å². The van der Waals surface area contributed by atoms with Crippen LogP contribution in [0, 0.1) is 19.7 Å². The molecule has 0 radical (unpaired) electrons. The van der Waals surface area contributed by atoms with Crippen LogP contribution in [0.2, 0.25) is 0 Å². The minimum Gasteiger partial charge on any atom is -0.357 e. The van der Waals surface area contributed by atoms with Gasteiger partial charge in [-0.1, -0.05) is 12.1 Å². The van der Waals surface area contributed by atoms with Crippen molar-refractivity contribution in [1.29, 1.82) is 0 Å². The number of nitrogens with zero attached hydrogens (tertiary/aromatic N) is 2. The lowest BCUT2D eigenvalue weighted by Gasteiger charge is -2.14. The molecule has 0 atom stereocenters. The number of nitrogens with one attached hydrogen (secondary N) is 2. The molecule has 0 heterocycles. The van der Waals surface area contributed by atoms with Crippen molar-refractivity contribution in [2.45, 2.75) is 27.3 Å². The Balaban J connectivity index is 2.75. The van der Waals surface area contributed by atoms with Crippen LogP contribution in [0.4, 0.5) is 4.39 Å². The Morgan fingerprint density at radius 1 is 1.23 bits per heavy atom. The summed E-state index contributed by atoms with van der Waals surface area (Å²) in [6.07, 6.45) is 0. The van der Waals surface area contributed by atoms with Crippen molar-refractivity contribution in [2.24, 2.45) is 4.99 Å². The molecule has 0 saturated carbocycles. The number of carbonyl (C=O) groups is 1. The van der Waals surface area contributed by atoms with Crippen LogP contribution in [0.25, 0.3) is 0 Å². The molecule has 122 valence electrons. The molecule has 1 aromatic carbocycles. The van der Waals surface area contributed by atoms with Gasteiger partial charge in [-0.15, -0.1) is 0 Å². The Kier molecular flexibility index (Phi) is 6.82. The predicted molar refractivity (Wildman–Crippen MR) is 87.4 cm³/mol. The Bertz CT molecular complexity index is 532. The van der Waals surface area contributed by atoms with Crippen LogP contribution in [-0.2, 0) is 11.3 Å². The number of halogens is 1. The van der Waals surface area contributed by atoms with Gasteiger partial charge < -0.3 is 15.5 Å². The van der Waals surface area contributed by atoms with Gasteiger partial charge >= 0.3 is 0 Å². The van der Waals surface area contributed by atoms with Crippen molar-refractivity contribution in [3.8, 4) is 0 Å². The number of aliphatic imine (C=N–C) groups is 1. The third-order valence-corrected chi connectivity index (χ3v) is 3.17. The van der Waals surface area contributed by atoms with Crippen LogP contribution >= 0.6 is 0 Å². The van der Waals surface area contributed by atoms with Crippen molar-refractivity contribution in [1.82, 2.24) is 15.5 Å². The maximum absolute atomic E-state index is 13.6. The van der Waals surface area contributed by atoms with E-state index < -0.39 is 0 Å². The number of guanidine groups is 1. The molecule has 5 nitrogen and oxygen atoms in total. The minimum absolute atomic E-state index is 0.0286. The summed E-state index contributed by atoms with van der Waals surface area (Å²) in [5, 5.41) is 6.07. The first-order valence-corrected chi connectivity index (χ1v) is 7.33. The van der Waals surface area contributed by atoms with E-state index in [9.17, 15) is 9.18 Å². The SMILES string of the molecule is CCNC(=NCc1cc(C)c(F)c(C)c1)NCC(=O)N(C)C. The molecule has 0 aromatic heterocycles. The molecule has 0 spiro atoms. The average molecular weight is 308 g/mol. The van der Waals surface area contributed by atoms with E-state index >= 15 is 0 Å². The number of carbonyl (C=O) groups excluding carboxylic acids is 1. The second-order valence-corrected chi connectivity index (χ2v) is 5.38. The molecule has 0 aliphatic carbocycles. The molecule has 0 bridgehead atoms. The molecule has 1 rings (SSSR count). The summed E-state index contributed by atoms with van der Waals surface area (Å²) >= 11 is 0. The standard InChI is InChI=1S/C16H25FN4O/c1-6-18-16(20-10-14(22)21(4)5)19-9-13-7-11(2)15(17)12(3)8-13/h7-8H,6,9-10H2,1-5H3,(H2,18,19,20). The molecule has 6 heteroatoms. The van der Waals surface area contributed by atoms with Gasteiger partial charge in [0.1, 0.15) is 5.82 Å². The van der Waals surface area contributed by atoms with E-state index in [2.05, 4.69) is 15.6 Å². The van der Waals surface area contributed by atoms with E-state index in [0.29, 0.717) is 30.2 Å². The van der Waals surface area contributed by atoms with E-state index in [-0.39, 0.29) is 18.3 Å². The predicted octanol–water partition coefficient (Wildman–Crippen LogP) is 1.59. The first-order chi connectivity index (χ1) is 10.3. The molecule has 0 unspecified atom stereocenters. The number of benzene rings is 1. The van der Waals surface area contributed by atoms with Gasteiger partial charge in [-0.2, -0.15) is 0 Å². The number of rotatable bonds is 5. The van der Waals surface area contributed by atoms with E-state index in [1.54, 1.807) is 40.1 Å². The van der Waals surface area contributed by atoms with Crippen LogP contribution in [0.1, 0.15) is 23.6 Å². The average Bonchev–Trinajstić information content (AvgIpc) is 2.46. The van der Waals surface area contributed by atoms with Crippen LogP contribution in [0.15, 0.2) is 17.1 Å². The summed E-state index contributed by atoms with van der Waals surface area (Å²) in [5.74, 6) is 0.366. The normalized spacial score (nSPS) is 11.3. The number of amides is 1. The van der Waals surface area contributed by atoms with Crippen LogP contribution < -0.4 is 10.6 Å². The molecule has 0 saturated heterocycles. The number of aryl methyl sites for hydroxylation is 2. The zero-order chi connectivity index (χ0) is 16.7. The largest absolute Gasteiger partial charge is 0.357 e. The summed E-state index contributed by atoms with van der Waals surface area (Å²) in [4.78, 5) is 17.5. The third-order valence-electron chi connectivity index (χ3n) is 3.17. The summed E-state index contributed by atoms with van der Waals surface area (Å²) in [6, 6.07) is 3.58. The lowest BCUT2D eigenvalue weighted by Crippen LogP contribution is -2.42. The molecular weight excluding hydrogens is 283 g/mol. The maximum Gasteiger partial charge on any atom is 0.241 e. The number of hydrogen-bond donors (Lipinski definition) is 2. The fourth-order valence-corrected chi connectivity index (χ4v) is 1.96. The minimum atomic E-state index is -0.172. The monoisotopic (exact) mass is 308 g/mol. The van der Waals surface area contributed by atoms with E-state index in [1.807, 2.05) is 6.92 Å². The highest BCUT2D eigenvalue weighted by molar-refractivity contribution is 5.86. The van der Waals surface area contributed by atoms with Crippen molar-refractivity contribution in [3.63, 3.8) is 0 Å². The highest BCUT2D eigenvalue weighted by Crippen LogP contribution is 2.15. The lowest BCUT2D eigenvalue weighted by molar-refractivity contribution is -0.127. The second kappa shape index (κ2) is 8.36. The molecule has 22 heavy (non-hydrogen) atoms. The van der Waals surface area contributed by atoms with E-state index in [0.717, 1.165) is 5.56 Å². The molecule has 0 fully saturated rings. The van der Waals surface area contributed by atoms with E-state index in [1.165, 1.54) is 4.90 Å². The maximum atomic E-state index is 13.6. The molecule has 2 N–H and O–H groups in total. The Morgan fingerprint density at radius 2 is 1.82 bits per heavy atom. The zero-order valence-electron chi connectivity index (χ0n) is 14.0. The highest BCUT2D eigenvalue weighted by Gasteiger charge is 2.06. The molecule has 0 aliphatic heterocycles. The molecule has 1 aromatic rings. The van der Waals surface area contributed by atoms with Crippen LogP contribution in [0.5, 0.6) is 0 Å². The lowest BCUT2D eigenvalue weighted by atomic mass is 10.1. The van der Waals surface area contributed by atoms with Gasteiger partial charge in [-0.25, -0.2) is 9.38 Å². The topological polar surface area (TPSA) is 56.7 Å². The second-order valence-electron chi connectivity index (χ2n) is 5.38. The first kappa shape index (κ1) is 17.9. The van der Waals surface area contributed by atoms with Gasteiger partial charge in [0, 0.05) is 20.6 Å². The summed E-state index contributed by atoms with van der Waals surface area (Å²) in [5.41, 5.74) is 2.17. The quantitative estimate of drug-likeness (QED) is 0.641. The zero-order valence-corrected chi connectivity index (χ0v) is 14.0. The van der Waals surface area contributed by atoms with Gasteiger partial charge in [0.05, 0.1) is 13.1 Å². The Morgan fingerprint density at radius 3 is 2.32 bits per heavy atom. The van der Waals surface area contributed by atoms with Gasteiger partial charge in [0.2, 0.25) is 5.91 Å². The van der Waals surface area contributed by atoms with Crippen molar-refractivity contribution in [2.75, 3.05) is 27.2 Å². The molecule has 0 aliphatic rings. The molecular formula is C16H25FN4O. The van der Waals surface area contributed by atoms with Crippen molar-refractivity contribution < 1.29 is 9.18 Å². The van der Waals surface area contributed by atoms with Crippen molar-refractivity contribution in [3.05, 3.63) is 34.6 Å². The van der Waals surface area contributed by atoms with Gasteiger partial charge in [-0.05, 0) is 37.5 Å². The highest BCUT2D eigenvalue weighted by atomic mass is 19.1. The Hall–Kier alpha value is -2.11. The summed E-state index contributed by atoms with van der Waals surface area (Å²) in [6.45, 7) is 6.75. The summed E-state index contributed by atoms with van der Waals surface area (Å²) in [7, 11) is 3.41. The third kappa shape index (κ3) is 5.35. The fraction of sp³-hybridized carbons (Fsp3) is 0.500. The smallest absolute Gasteiger partial charge is 0.241 e. The Labute approximate surface area is 131 Å². The van der Waals surface area contributed by atoms with Gasteiger partial charge in [0.15, 0.2) is 5.96 Å². The summed E-state index contributed by atoms with van der Waals surface area (Å²) < 4.78 is 13.6. The molecule has 1 amide bonds. The fourth-order valence-electron chi connectivity index (χ4n) is 1.96. The number of likely N-dealkylation sites (N-methyl/N-ethyl adjacent to an activating group) is 1. The number of hydrogen-bond acceptors (Lipinski definition) is 2.